The van der Waals surface area contributed by atoms with Crippen molar-refractivity contribution in [2.45, 2.75) is 13.5 Å². The molecule has 0 radical (unpaired) electrons. The molecule has 5 nitrogen and oxygen atoms in total. The van der Waals surface area contributed by atoms with Gasteiger partial charge in [0.25, 0.3) is 0 Å². The van der Waals surface area contributed by atoms with Gasteiger partial charge in [0.2, 0.25) is 5.91 Å². The minimum absolute atomic E-state index is 0.103. The molecular formula is C18H16ClN3O2. The van der Waals surface area contributed by atoms with E-state index in [4.69, 9.17) is 16.3 Å². The number of hydrogen-bond donors (Lipinski definition) is 2. The van der Waals surface area contributed by atoms with Crippen molar-refractivity contribution in [2.24, 2.45) is 0 Å². The maximum atomic E-state index is 11.0. The highest BCUT2D eigenvalue weighted by atomic mass is 35.5. The molecule has 0 aliphatic rings. The number of nitrogens with zero attached hydrogens (tertiary/aromatic N) is 1. The number of carbonyl (C=O) groups excluding carboxylic acids is 1. The van der Waals surface area contributed by atoms with Crippen LogP contribution in [0.25, 0.3) is 11.3 Å². The van der Waals surface area contributed by atoms with Crippen molar-refractivity contribution < 1.29 is 9.53 Å². The molecule has 0 atom stereocenters. The van der Waals surface area contributed by atoms with Gasteiger partial charge in [-0.1, -0.05) is 23.7 Å². The molecule has 3 rings (SSSR count). The van der Waals surface area contributed by atoms with Crippen LogP contribution in [0.15, 0.2) is 54.9 Å². The van der Waals surface area contributed by atoms with Crippen molar-refractivity contribution >= 4 is 23.2 Å². The summed E-state index contributed by atoms with van der Waals surface area (Å²) >= 11 is 5.92. The van der Waals surface area contributed by atoms with Crippen molar-refractivity contribution in [1.29, 1.82) is 0 Å². The van der Waals surface area contributed by atoms with Crippen LogP contribution >= 0.6 is 11.6 Å². The monoisotopic (exact) mass is 341 g/mol. The lowest BCUT2D eigenvalue weighted by atomic mass is 10.1. The number of aromatic amines is 1. The van der Waals surface area contributed by atoms with E-state index in [1.807, 2.05) is 36.4 Å². The molecule has 0 aliphatic carbocycles. The highest BCUT2D eigenvalue weighted by molar-refractivity contribution is 6.30. The summed E-state index contributed by atoms with van der Waals surface area (Å²) in [5.41, 5.74) is 3.42. The number of amides is 1. The molecule has 1 aromatic heterocycles. The first-order valence-corrected chi connectivity index (χ1v) is 7.78. The van der Waals surface area contributed by atoms with E-state index in [1.54, 1.807) is 18.5 Å². The number of carbonyl (C=O) groups is 1. The van der Waals surface area contributed by atoms with Gasteiger partial charge in [-0.05, 0) is 36.4 Å². The number of halogens is 1. The lowest BCUT2D eigenvalue weighted by Crippen LogP contribution is -2.05. The van der Waals surface area contributed by atoms with Crippen molar-refractivity contribution in [3.8, 4) is 17.0 Å². The molecule has 0 fully saturated rings. The molecular weight excluding hydrogens is 326 g/mol. The van der Waals surface area contributed by atoms with E-state index in [2.05, 4.69) is 15.3 Å². The zero-order valence-electron chi connectivity index (χ0n) is 13.0. The van der Waals surface area contributed by atoms with E-state index < -0.39 is 0 Å². The highest BCUT2D eigenvalue weighted by Crippen LogP contribution is 2.24. The maximum absolute atomic E-state index is 11.0. The van der Waals surface area contributed by atoms with Gasteiger partial charge in [0.1, 0.15) is 12.4 Å². The number of nitrogens with one attached hydrogen (secondary N) is 2. The first kappa shape index (κ1) is 16.1. The molecule has 122 valence electrons. The van der Waals surface area contributed by atoms with Crippen LogP contribution in [-0.2, 0) is 11.4 Å². The van der Waals surface area contributed by atoms with Crippen LogP contribution in [0.1, 0.15) is 12.6 Å². The van der Waals surface area contributed by atoms with E-state index >= 15 is 0 Å². The van der Waals surface area contributed by atoms with Crippen molar-refractivity contribution in [3.05, 3.63) is 65.6 Å². The molecule has 0 spiro atoms. The van der Waals surface area contributed by atoms with Gasteiger partial charge >= 0.3 is 0 Å². The van der Waals surface area contributed by atoms with Crippen molar-refractivity contribution in [1.82, 2.24) is 9.97 Å². The summed E-state index contributed by atoms with van der Waals surface area (Å²) in [6.45, 7) is 1.83. The van der Waals surface area contributed by atoms with Gasteiger partial charge in [0.15, 0.2) is 0 Å². The minimum Gasteiger partial charge on any atom is -0.487 e. The zero-order chi connectivity index (χ0) is 16.9. The standard InChI is InChI=1S/C18H16ClN3O2/c1-12(23)22-15-6-8-16(9-7-15)24-10-17-18(21-11-20-17)13-2-4-14(19)5-3-13/h2-9,11H,10H2,1H3,(H,20,21)(H,22,23). The van der Waals surface area contributed by atoms with Crippen LogP contribution in [0.2, 0.25) is 5.02 Å². The van der Waals surface area contributed by atoms with E-state index in [9.17, 15) is 4.79 Å². The predicted molar refractivity (Wildman–Crippen MR) is 94.1 cm³/mol. The molecule has 0 bridgehead atoms. The van der Waals surface area contributed by atoms with Crippen LogP contribution < -0.4 is 10.1 Å². The number of H-pyrrole nitrogens is 1. The molecule has 0 unspecified atom stereocenters. The average Bonchev–Trinajstić information content (AvgIpc) is 3.03. The summed E-state index contributed by atoms with van der Waals surface area (Å²) in [5.74, 6) is 0.606. The number of ether oxygens (including phenoxy) is 1. The van der Waals surface area contributed by atoms with Crippen molar-refractivity contribution in [3.63, 3.8) is 0 Å². The second-order valence-corrected chi connectivity index (χ2v) is 5.67. The number of imidazole rings is 1. The molecule has 2 N–H and O–H groups in total. The molecule has 1 heterocycles. The van der Waals surface area contributed by atoms with Crippen LogP contribution in [0, 0.1) is 0 Å². The summed E-state index contributed by atoms with van der Waals surface area (Å²) in [6, 6.07) is 14.7. The van der Waals surface area contributed by atoms with E-state index in [0.717, 1.165) is 22.6 Å². The summed E-state index contributed by atoms with van der Waals surface area (Å²) < 4.78 is 5.79. The Labute approximate surface area is 144 Å². The van der Waals surface area contributed by atoms with Gasteiger partial charge < -0.3 is 15.0 Å². The third kappa shape index (κ3) is 3.94. The van der Waals surface area contributed by atoms with Crippen molar-refractivity contribution in [2.75, 3.05) is 5.32 Å². The number of anilines is 1. The van der Waals surface area contributed by atoms with Crippen LogP contribution in [0.3, 0.4) is 0 Å². The zero-order valence-corrected chi connectivity index (χ0v) is 13.8. The van der Waals surface area contributed by atoms with Crippen LogP contribution in [0.5, 0.6) is 5.75 Å². The first-order valence-electron chi connectivity index (χ1n) is 7.40. The van der Waals surface area contributed by atoms with Crippen LogP contribution in [-0.4, -0.2) is 15.9 Å². The Balaban J connectivity index is 1.68. The molecule has 1 amide bonds. The Morgan fingerprint density at radius 1 is 1.17 bits per heavy atom. The van der Waals surface area contributed by atoms with E-state index in [1.165, 1.54) is 6.92 Å². The lowest BCUT2D eigenvalue weighted by Gasteiger charge is -2.08. The highest BCUT2D eigenvalue weighted by Gasteiger charge is 2.09. The normalized spacial score (nSPS) is 10.4. The van der Waals surface area contributed by atoms with Crippen LogP contribution in [0.4, 0.5) is 5.69 Å². The fourth-order valence-corrected chi connectivity index (χ4v) is 2.41. The number of hydrogen-bond acceptors (Lipinski definition) is 3. The number of benzene rings is 2. The van der Waals surface area contributed by atoms with Gasteiger partial charge in [-0.3, -0.25) is 4.79 Å². The Morgan fingerprint density at radius 2 is 1.88 bits per heavy atom. The molecule has 6 heteroatoms. The second kappa shape index (κ2) is 7.19. The largest absolute Gasteiger partial charge is 0.487 e. The Hall–Kier alpha value is -2.79. The Kier molecular flexibility index (Phi) is 4.82. The van der Waals surface area contributed by atoms with Gasteiger partial charge in [-0.15, -0.1) is 0 Å². The number of rotatable bonds is 5. The minimum atomic E-state index is -0.103. The third-order valence-corrected chi connectivity index (χ3v) is 3.65. The molecule has 0 aliphatic heterocycles. The SMILES string of the molecule is CC(=O)Nc1ccc(OCc2[nH]cnc2-c2ccc(Cl)cc2)cc1. The molecule has 0 saturated heterocycles. The fourth-order valence-electron chi connectivity index (χ4n) is 2.28. The quantitative estimate of drug-likeness (QED) is 0.728. The van der Waals surface area contributed by atoms with Gasteiger partial charge in [0.05, 0.1) is 17.7 Å². The van der Waals surface area contributed by atoms with Gasteiger partial charge in [-0.25, -0.2) is 4.98 Å². The van der Waals surface area contributed by atoms with Gasteiger partial charge in [0, 0.05) is 23.2 Å². The third-order valence-electron chi connectivity index (χ3n) is 3.39. The molecule has 24 heavy (non-hydrogen) atoms. The molecule has 0 saturated carbocycles. The average molecular weight is 342 g/mol. The second-order valence-electron chi connectivity index (χ2n) is 5.23. The molecule has 2 aromatic carbocycles. The predicted octanol–water partition coefficient (Wildman–Crippen LogP) is 4.27. The lowest BCUT2D eigenvalue weighted by molar-refractivity contribution is -0.114. The first-order chi connectivity index (χ1) is 11.6. The van der Waals surface area contributed by atoms with Gasteiger partial charge in [-0.2, -0.15) is 0 Å². The summed E-state index contributed by atoms with van der Waals surface area (Å²) in [6.07, 6.45) is 1.64. The smallest absolute Gasteiger partial charge is 0.221 e. The Morgan fingerprint density at radius 3 is 2.54 bits per heavy atom. The topological polar surface area (TPSA) is 67.0 Å². The summed E-state index contributed by atoms with van der Waals surface area (Å²) in [4.78, 5) is 18.5. The number of aromatic nitrogens is 2. The molecule has 3 aromatic rings. The van der Waals surface area contributed by atoms with E-state index in [-0.39, 0.29) is 5.91 Å². The summed E-state index contributed by atoms with van der Waals surface area (Å²) in [7, 11) is 0. The fraction of sp³-hybridized carbons (Fsp3) is 0.111. The summed E-state index contributed by atoms with van der Waals surface area (Å²) in [5, 5.41) is 3.40. The van der Waals surface area contributed by atoms with E-state index in [0.29, 0.717) is 17.4 Å². The maximum Gasteiger partial charge on any atom is 0.221 e. The Bertz CT molecular complexity index is 826.